The van der Waals surface area contributed by atoms with Crippen molar-refractivity contribution in [1.29, 1.82) is 0 Å². The number of benzene rings is 1. The summed E-state index contributed by atoms with van der Waals surface area (Å²) in [6, 6.07) is 5.96. The molecule has 0 aliphatic carbocycles. The third-order valence-electron chi connectivity index (χ3n) is 2.59. The highest BCUT2D eigenvalue weighted by Gasteiger charge is 2.05. The van der Waals surface area contributed by atoms with E-state index in [1.807, 2.05) is 19.1 Å². The summed E-state index contributed by atoms with van der Waals surface area (Å²) >= 11 is 1.36. The quantitative estimate of drug-likeness (QED) is 0.779. The van der Waals surface area contributed by atoms with Crippen molar-refractivity contribution in [2.24, 2.45) is 0 Å². The lowest BCUT2D eigenvalue weighted by Crippen LogP contribution is -1.97. The van der Waals surface area contributed by atoms with E-state index >= 15 is 0 Å². The number of carbonyl (C=O) groups is 1. The average Bonchev–Trinajstić information content (AvgIpc) is 2.79. The Labute approximate surface area is 104 Å². The first-order valence-electron chi connectivity index (χ1n) is 5.29. The molecule has 88 valence electrons. The standard InChI is InChI=1S/C13H13NO2S/c1-9-4-3-5-12(10(9)2)16-8-13-14-6-11(7-15)17-13/h3-7H,8H2,1-2H3. The van der Waals surface area contributed by atoms with E-state index in [1.54, 1.807) is 6.20 Å². The van der Waals surface area contributed by atoms with Gasteiger partial charge < -0.3 is 4.74 Å². The zero-order valence-corrected chi connectivity index (χ0v) is 10.6. The second-order valence-corrected chi connectivity index (χ2v) is 4.91. The van der Waals surface area contributed by atoms with Crippen LogP contribution in [0, 0.1) is 13.8 Å². The molecule has 0 spiro atoms. The molecule has 0 aliphatic rings. The topological polar surface area (TPSA) is 39.2 Å². The van der Waals surface area contributed by atoms with Gasteiger partial charge in [-0.2, -0.15) is 0 Å². The van der Waals surface area contributed by atoms with Gasteiger partial charge in [0, 0.05) is 6.20 Å². The average molecular weight is 247 g/mol. The van der Waals surface area contributed by atoms with E-state index in [1.165, 1.54) is 16.9 Å². The predicted molar refractivity (Wildman–Crippen MR) is 67.7 cm³/mol. The molecule has 0 saturated heterocycles. The van der Waals surface area contributed by atoms with Crippen molar-refractivity contribution in [3.05, 3.63) is 45.4 Å². The Hall–Kier alpha value is -1.68. The fraction of sp³-hybridized carbons (Fsp3) is 0.231. The fourth-order valence-electron chi connectivity index (χ4n) is 1.47. The van der Waals surface area contributed by atoms with Crippen LogP contribution >= 0.6 is 11.3 Å². The zero-order valence-electron chi connectivity index (χ0n) is 9.77. The third-order valence-corrected chi connectivity index (χ3v) is 3.49. The number of aldehydes is 1. The van der Waals surface area contributed by atoms with E-state index < -0.39 is 0 Å². The van der Waals surface area contributed by atoms with E-state index in [2.05, 4.69) is 18.0 Å². The van der Waals surface area contributed by atoms with Gasteiger partial charge in [0.05, 0.1) is 4.88 Å². The minimum absolute atomic E-state index is 0.406. The maximum Gasteiger partial charge on any atom is 0.161 e. The molecule has 0 N–H and O–H groups in total. The molecule has 0 saturated carbocycles. The summed E-state index contributed by atoms with van der Waals surface area (Å²) in [5.41, 5.74) is 2.34. The molecular formula is C13H13NO2S. The normalized spacial score (nSPS) is 10.2. The predicted octanol–water partition coefficient (Wildman–Crippen LogP) is 3.15. The highest BCUT2D eigenvalue weighted by Crippen LogP contribution is 2.22. The van der Waals surface area contributed by atoms with Crippen molar-refractivity contribution in [3.8, 4) is 5.75 Å². The first-order chi connectivity index (χ1) is 8.20. The van der Waals surface area contributed by atoms with Crippen LogP contribution in [-0.4, -0.2) is 11.3 Å². The van der Waals surface area contributed by atoms with Gasteiger partial charge in [-0.15, -0.1) is 11.3 Å². The van der Waals surface area contributed by atoms with Gasteiger partial charge in [0.15, 0.2) is 6.29 Å². The molecule has 0 unspecified atom stereocenters. The maximum absolute atomic E-state index is 10.5. The number of ether oxygens (including phenoxy) is 1. The van der Waals surface area contributed by atoms with Crippen molar-refractivity contribution in [3.63, 3.8) is 0 Å². The Balaban J connectivity index is 2.07. The summed E-state index contributed by atoms with van der Waals surface area (Å²) < 4.78 is 5.69. The highest BCUT2D eigenvalue weighted by molar-refractivity contribution is 7.13. The molecule has 4 heteroatoms. The van der Waals surface area contributed by atoms with Crippen LogP contribution in [0.3, 0.4) is 0 Å². The molecule has 0 amide bonds. The summed E-state index contributed by atoms with van der Waals surface area (Å²) in [4.78, 5) is 15.3. The van der Waals surface area contributed by atoms with Gasteiger partial charge in [-0.1, -0.05) is 12.1 Å². The lowest BCUT2D eigenvalue weighted by molar-refractivity contribution is 0.112. The largest absolute Gasteiger partial charge is 0.486 e. The van der Waals surface area contributed by atoms with Crippen LogP contribution in [0.25, 0.3) is 0 Å². The Bertz CT molecular complexity index is 534. The summed E-state index contributed by atoms with van der Waals surface area (Å²) in [5.74, 6) is 0.868. The Morgan fingerprint density at radius 3 is 2.94 bits per heavy atom. The second-order valence-electron chi connectivity index (χ2n) is 3.76. The number of rotatable bonds is 4. The first-order valence-corrected chi connectivity index (χ1v) is 6.11. The molecule has 0 bridgehead atoms. The van der Waals surface area contributed by atoms with E-state index in [9.17, 15) is 4.79 Å². The lowest BCUT2D eigenvalue weighted by atomic mass is 10.1. The van der Waals surface area contributed by atoms with Gasteiger partial charge in [0.25, 0.3) is 0 Å². The summed E-state index contributed by atoms with van der Waals surface area (Å²) in [5, 5.41) is 0.813. The molecule has 0 aliphatic heterocycles. The van der Waals surface area contributed by atoms with Crippen molar-refractivity contribution in [2.45, 2.75) is 20.5 Å². The van der Waals surface area contributed by atoms with Gasteiger partial charge >= 0.3 is 0 Å². The van der Waals surface area contributed by atoms with Crippen LogP contribution in [0.15, 0.2) is 24.4 Å². The molecule has 1 heterocycles. The van der Waals surface area contributed by atoms with E-state index in [4.69, 9.17) is 4.74 Å². The monoisotopic (exact) mass is 247 g/mol. The first kappa shape index (κ1) is 11.8. The van der Waals surface area contributed by atoms with Crippen molar-refractivity contribution < 1.29 is 9.53 Å². The van der Waals surface area contributed by atoms with E-state index in [0.717, 1.165) is 22.6 Å². The molecule has 17 heavy (non-hydrogen) atoms. The molecule has 0 fully saturated rings. The Kier molecular flexibility index (Phi) is 3.54. The number of thiazole rings is 1. The lowest BCUT2D eigenvalue weighted by Gasteiger charge is -2.09. The van der Waals surface area contributed by atoms with Gasteiger partial charge in [-0.05, 0) is 31.0 Å². The Morgan fingerprint density at radius 1 is 1.41 bits per heavy atom. The number of nitrogens with zero attached hydrogens (tertiary/aromatic N) is 1. The summed E-state index contributed by atoms with van der Waals surface area (Å²) in [6.07, 6.45) is 2.37. The van der Waals surface area contributed by atoms with Gasteiger partial charge in [0.1, 0.15) is 17.4 Å². The summed E-state index contributed by atoms with van der Waals surface area (Å²) in [7, 11) is 0. The highest BCUT2D eigenvalue weighted by atomic mass is 32.1. The van der Waals surface area contributed by atoms with E-state index in [-0.39, 0.29) is 0 Å². The smallest absolute Gasteiger partial charge is 0.161 e. The van der Waals surface area contributed by atoms with Gasteiger partial charge in [-0.25, -0.2) is 4.98 Å². The number of carbonyl (C=O) groups excluding carboxylic acids is 1. The van der Waals surface area contributed by atoms with Gasteiger partial charge in [-0.3, -0.25) is 4.79 Å². The minimum atomic E-state index is 0.406. The fourth-order valence-corrected chi connectivity index (χ4v) is 2.11. The van der Waals surface area contributed by atoms with Crippen LogP contribution in [0.1, 0.15) is 25.8 Å². The molecule has 3 nitrogen and oxygen atoms in total. The number of hydrogen-bond donors (Lipinski definition) is 0. The molecule has 1 aromatic carbocycles. The van der Waals surface area contributed by atoms with Crippen LogP contribution < -0.4 is 4.74 Å². The maximum atomic E-state index is 10.5. The van der Waals surface area contributed by atoms with Crippen LogP contribution in [0.2, 0.25) is 0 Å². The SMILES string of the molecule is Cc1cccc(OCc2ncc(C=O)s2)c1C. The van der Waals surface area contributed by atoms with Crippen LogP contribution in [0.5, 0.6) is 5.75 Å². The number of hydrogen-bond acceptors (Lipinski definition) is 4. The van der Waals surface area contributed by atoms with Crippen molar-refractivity contribution in [2.75, 3.05) is 0 Å². The van der Waals surface area contributed by atoms with Crippen LogP contribution in [0.4, 0.5) is 0 Å². The summed E-state index contributed by atoms with van der Waals surface area (Å²) in [6.45, 7) is 4.49. The molecule has 0 atom stereocenters. The number of aromatic nitrogens is 1. The van der Waals surface area contributed by atoms with Crippen molar-refractivity contribution in [1.82, 2.24) is 4.98 Å². The van der Waals surface area contributed by atoms with E-state index in [0.29, 0.717) is 11.5 Å². The Morgan fingerprint density at radius 2 is 2.24 bits per heavy atom. The second kappa shape index (κ2) is 5.10. The molecular weight excluding hydrogens is 234 g/mol. The molecule has 2 rings (SSSR count). The van der Waals surface area contributed by atoms with Crippen molar-refractivity contribution >= 4 is 17.6 Å². The number of aryl methyl sites for hydroxylation is 1. The molecule has 2 aromatic rings. The van der Waals surface area contributed by atoms with Gasteiger partial charge in [0.2, 0.25) is 0 Å². The minimum Gasteiger partial charge on any atom is -0.486 e. The zero-order chi connectivity index (χ0) is 12.3. The third kappa shape index (κ3) is 2.71. The van der Waals surface area contributed by atoms with Crippen LogP contribution in [-0.2, 0) is 6.61 Å². The molecule has 1 aromatic heterocycles. The molecule has 0 radical (unpaired) electrons.